The third-order valence-corrected chi connectivity index (χ3v) is 5.05. The quantitative estimate of drug-likeness (QED) is 0.477. The Labute approximate surface area is 164 Å². The molecule has 26 heavy (non-hydrogen) atoms. The van der Waals surface area contributed by atoms with Gasteiger partial charge in [-0.1, -0.05) is 128 Å². The number of hydrogen-bond acceptors (Lipinski definition) is 0. The van der Waals surface area contributed by atoms with Gasteiger partial charge in [0.2, 0.25) is 0 Å². The zero-order valence-corrected chi connectivity index (χ0v) is 18.6. The maximum atomic E-state index is 2.35. The van der Waals surface area contributed by atoms with Gasteiger partial charge in [-0.15, -0.1) is 0 Å². The summed E-state index contributed by atoms with van der Waals surface area (Å²) >= 11 is 0. The fourth-order valence-corrected chi connectivity index (χ4v) is 2.60. The Morgan fingerprint density at radius 2 is 1.62 bits per heavy atom. The second-order valence-corrected chi connectivity index (χ2v) is 8.15. The second-order valence-electron chi connectivity index (χ2n) is 8.15. The van der Waals surface area contributed by atoms with Crippen molar-refractivity contribution in [3.8, 4) is 0 Å². The normalized spacial score (nSPS) is 15.7. The predicted molar refractivity (Wildman–Crippen MR) is 121 cm³/mol. The van der Waals surface area contributed by atoms with Gasteiger partial charge in [-0.25, -0.2) is 0 Å². The lowest BCUT2D eigenvalue weighted by atomic mass is 9.84. The van der Waals surface area contributed by atoms with E-state index in [0.717, 1.165) is 12.3 Å². The molecule has 148 valence electrons. The highest BCUT2D eigenvalue weighted by molar-refractivity contribution is 5.25. The van der Waals surface area contributed by atoms with E-state index in [9.17, 15) is 0 Å². The summed E-state index contributed by atoms with van der Waals surface area (Å²) in [6, 6.07) is 10.5. The molecular formula is C26H44. The van der Waals surface area contributed by atoms with Crippen LogP contribution in [-0.2, 0) is 6.42 Å². The third kappa shape index (κ3) is 13.0. The van der Waals surface area contributed by atoms with Crippen LogP contribution in [0.2, 0.25) is 0 Å². The van der Waals surface area contributed by atoms with Crippen molar-refractivity contribution in [2.45, 2.75) is 93.4 Å². The molecule has 0 N–H and O–H groups in total. The van der Waals surface area contributed by atoms with E-state index in [1.807, 2.05) is 6.07 Å². The molecule has 0 nitrogen and oxygen atoms in total. The number of rotatable bonds is 6. The number of benzene rings is 1. The summed E-state index contributed by atoms with van der Waals surface area (Å²) in [4.78, 5) is 0. The highest BCUT2D eigenvalue weighted by Gasteiger charge is 2.14. The van der Waals surface area contributed by atoms with E-state index in [1.54, 1.807) is 0 Å². The van der Waals surface area contributed by atoms with Crippen LogP contribution in [0, 0.1) is 11.3 Å². The van der Waals surface area contributed by atoms with Crippen LogP contribution in [0.4, 0.5) is 0 Å². The van der Waals surface area contributed by atoms with Gasteiger partial charge >= 0.3 is 0 Å². The molecule has 0 saturated heterocycles. The third-order valence-electron chi connectivity index (χ3n) is 5.05. The largest absolute Gasteiger partial charge is 0.0805 e. The van der Waals surface area contributed by atoms with E-state index < -0.39 is 0 Å². The summed E-state index contributed by atoms with van der Waals surface area (Å²) < 4.78 is 0. The first kappa shape index (κ1) is 24.7. The van der Waals surface area contributed by atoms with Crippen molar-refractivity contribution < 1.29 is 0 Å². The van der Waals surface area contributed by atoms with Crippen molar-refractivity contribution >= 4 is 0 Å². The lowest BCUT2D eigenvalue weighted by molar-refractivity contribution is 0.481. The number of allylic oxidation sites excluding steroid dienone is 4. The molecule has 1 aliphatic rings. The van der Waals surface area contributed by atoms with Gasteiger partial charge in [0.25, 0.3) is 0 Å². The van der Waals surface area contributed by atoms with Gasteiger partial charge in [0.1, 0.15) is 0 Å². The van der Waals surface area contributed by atoms with E-state index in [2.05, 4.69) is 91.0 Å². The fraction of sp³-hybridized carbons (Fsp3) is 0.615. The molecule has 0 saturated carbocycles. The summed E-state index contributed by atoms with van der Waals surface area (Å²) in [6.07, 6.45) is 16.0. The lowest BCUT2D eigenvalue weighted by Gasteiger charge is -2.22. The topological polar surface area (TPSA) is 0 Å². The highest BCUT2D eigenvalue weighted by Crippen LogP contribution is 2.28. The van der Waals surface area contributed by atoms with Crippen LogP contribution in [0.15, 0.2) is 54.1 Å². The van der Waals surface area contributed by atoms with Gasteiger partial charge in [-0.3, -0.25) is 0 Å². The van der Waals surface area contributed by atoms with Crippen molar-refractivity contribution in [3.05, 3.63) is 59.7 Å². The first-order valence-corrected chi connectivity index (χ1v) is 10.8. The van der Waals surface area contributed by atoms with Crippen LogP contribution in [0.25, 0.3) is 0 Å². The summed E-state index contributed by atoms with van der Waals surface area (Å²) in [5.41, 5.74) is 3.30. The average molecular weight is 357 g/mol. The standard InChI is InChI=1S/C10H16.C8H10.C8H18/c1-4-9-5-7-10(2,3)8-6-9;1-2-8-6-4-3-5-7-8;1-4-6-7-8(3)5-2/h5-7H,4,8H2,1-3H3;3-7H,2H2,1H3;8H,4-7H2,1-3H3. The highest BCUT2D eigenvalue weighted by atomic mass is 14.2. The van der Waals surface area contributed by atoms with E-state index in [4.69, 9.17) is 0 Å². The van der Waals surface area contributed by atoms with E-state index in [-0.39, 0.29) is 0 Å². The Bertz CT molecular complexity index is 490. The predicted octanol–water partition coefficient (Wildman–Crippen LogP) is 8.78. The smallest absolute Gasteiger partial charge is 0.0137 e. The van der Waals surface area contributed by atoms with Gasteiger partial charge in [0, 0.05) is 0 Å². The summed E-state index contributed by atoms with van der Waals surface area (Å²) in [5, 5.41) is 0. The first-order valence-electron chi connectivity index (χ1n) is 10.8. The molecule has 1 atom stereocenters. The summed E-state index contributed by atoms with van der Waals surface area (Å²) in [6.45, 7) is 15.8. The molecule has 0 heteroatoms. The minimum Gasteiger partial charge on any atom is -0.0805 e. The minimum atomic E-state index is 0.401. The van der Waals surface area contributed by atoms with Crippen molar-refractivity contribution in [1.29, 1.82) is 0 Å². The van der Waals surface area contributed by atoms with Gasteiger partial charge in [0.05, 0.1) is 0 Å². The Morgan fingerprint density at radius 1 is 0.962 bits per heavy atom. The zero-order valence-electron chi connectivity index (χ0n) is 18.6. The van der Waals surface area contributed by atoms with Gasteiger partial charge in [0.15, 0.2) is 0 Å². The second kappa shape index (κ2) is 14.8. The van der Waals surface area contributed by atoms with E-state index in [1.165, 1.54) is 49.7 Å². The maximum Gasteiger partial charge on any atom is -0.0137 e. The van der Waals surface area contributed by atoms with Crippen molar-refractivity contribution in [3.63, 3.8) is 0 Å². The van der Waals surface area contributed by atoms with Crippen LogP contribution in [0.3, 0.4) is 0 Å². The van der Waals surface area contributed by atoms with Crippen molar-refractivity contribution in [1.82, 2.24) is 0 Å². The lowest BCUT2D eigenvalue weighted by Crippen LogP contribution is -2.08. The molecule has 1 aliphatic carbocycles. The molecule has 0 heterocycles. The molecule has 1 aromatic carbocycles. The zero-order chi connectivity index (χ0) is 19.8. The van der Waals surface area contributed by atoms with E-state index >= 15 is 0 Å². The monoisotopic (exact) mass is 356 g/mol. The van der Waals surface area contributed by atoms with Gasteiger partial charge in [-0.05, 0) is 36.2 Å². The Balaban J connectivity index is 0.000000365. The van der Waals surface area contributed by atoms with Gasteiger partial charge in [-0.2, -0.15) is 0 Å². The van der Waals surface area contributed by atoms with Crippen molar-refractivity contribution in [2.24, 2.45) is 11.3 Å². The number of aryl methyl sites for hydroxylation is 1. The minimum absolute atomic E-state index is 0.401. The molecule has 1 aromatic rings. The van der Waals surface area contributed by atoms with Crippen LogP contribution >= 0.6 is 0 Å². The molecule has 0 aliphatic heterocycles. The van der Waals surface area contributed by atoms with Crippen LogP contribution in [-0.4, -0.2) is 0 Å². The Hall–Kier alpha value is -1.30. The number of unbranched alkanes of at least 4 members (excludes halogenated alkanes) is 1. The summed E-state index contributed by atoms with van der Waals surface area (Å²) in [5.74, 6) is 0.954. The molecule has 2 rings (SSSR count). The average Bonchev–Trinajstić information content (AvgIpc) is 2.67. The SMILES string of the molecule is CCC1=CCC(C)(C)C=C1.CCCCC(C)CC.CCc1ccccc1. The molecule has 0 amide bonds. The number of hydrogen-bond donors (Lipinski definition) is 0. The molecular weight excluding hydrogens is 312 g/mol. The Morgan fingerprint density at radius 3 is 2.00 bits per heavy atom. The molecule has 1 unspecified atom stereocenters. The van der Waals surface area contributed by atoms with E-state index in [0.29, 0.717) is 5.41 Å². The molecule has 0 spiro atoms. The van der Waals surface area contributed by atoms with Gasteiger partial charge < -0.3 is 0 Å². The molecule has 0 radical (unpaired) electrons. The maximum absolute atomic E-state index is 2.35. The van der Waals surface area contributed by atoms with Crippen molar-refractivity contribution in [2.75, 3.05) is 0 Å². The molecule has 0 bridgehead atoms. The van der Waals surface area contributed by atoms with Crippen LogP contribution in [0.5, 0.6) is 0 Å². The van der Waals surface area contributed by atoms with Crippen LogP contribution < -0.4 is 0 Å². The molecule has 0 fully saturated rings. The van der Waals surface area contributed by atoms with Crippen LogP contribution in [0.1, 0.15) is 92.6 Å². The fourth-order valence-electron chi connectivity index (χ4n) is 2.60. The first-order chi connectivity index (χ1) is 12.4. The Kier molecular flexibility index (Phi) is 14.1. The summed E-state index contributed by atoms with van der Waals surface area (Å²) in [7, 11) is 0. The molecule has 0 aromatic heterocycles.